The molecule has 0 saturated carbocycles. The van der Waals surface area contributed by atoms with E-state index in [1.54, 1.807) is 0 Å². The second-order valence-corrected chi connectivity index (χ2v) is 3.39. The number of amides is 2. The van der Waals surface area contributed by atoms with E-state index >= 15 is 0 Å². The van der Waals surface area contributed by atoms with Crippen LogP contribution < -0.4 is 0 Å². The number of Topliss-reactive ketones (excluding diaryl/α,β-unsaturated/α-hetero) is 1. The van der Waals surface area contributed by atoms with Crippen molar-refractivity contribution in [2.75, 3.05) is 0 Å². The van der Waals surface area contributed by atoms with Gasteiger partial charge in [0.2, 0.25) is 11.8 Å². The number of carbonyl (C=O) groups is 4. The Balaban J connectivity index is 2.98. The van der Waals surface area contributed by atoms with E-state index in [9.17, 15) is 19.2 Å². The van der Waals surface area contributed by atoms with E-state index in [0.717, 1.165) is 6.92 Å². The quantitative estimate of drug-likeness (QED) is 0.348. The maximum absolute atomic E-state index is 11.2. The van der Waals surface area contributed by atoms with Gasteiger partial charge in [-0.25, -0.2) is 0 Å². The van der Waals surface area contributed by atoms with Gasteiger partial charge in [0.15, 0.2) is 5.78 Å². The van der Waals surface area contributed by atoms with Gasteiger partial charge in [0, 0.05) is 18.0 Å². The highest BCUT2D eigenvalue weighted by Gasteiger charge is 2.37. The van der Waals surface area contributed by atoms with Crippen molar-refractivity contribution in [2.45, 2.75) is 25.8 Å². The van der Waals surface area contributed by atoms with Gasteiger partial charge in [-0.3, -0.25) is 19.3 Å². The molecule has 1 atom stereocenters. The Kier molecular flexibility index (Phi) is 2.95. The molecule has 14 heavy (non-hydrogen) atoms. The Hall–Kier alpha value is -1.30. The van der Waals surface area contributed by atoms with Crippen LogP contribution in [0.25, 0.3) is 0 Å². The van der Waals surface area contributed by atoms with Gasteiger partial charge < -0.3 is 17.4 Å². The van der Waals surface area contributed by atoms with E-state index in [0.29, 0.717) is 4.90 Å². The van der Waals surface area contributed by atoms with Crippen molar-refractivity contribution in [3.8, 4) is 0 Å². The number of likely N-dealkylation sites (tertiary alicyclic amines) is 1. The minimum atomic E-state index is -1.40. The lowest BCUT2D eigenvalue weighted by atomic mass is 10.2. The van der Waals surface area contributed by atoms with E-state index in [1.807, 2.05) is 0 Å². The van der Waals surface area contributed by atoms with Crippen molar-refractivity contribution < 1.29 is 19.2 Å². The van der Waals surface area contributed by atoms with Crippen molar-refractivity contribution in [1.82, 2.24) is 4.90 Å². The summed E-state index contributed by atoms with van der Waals surface area (Å²) in [4.78, 5) is 45.0. The maximum atomic E-state index is 11.2. The van der Waals surface area contributed by atoms with Crippen LogP contribution in [0, 0.1) is 0 Å². The van der Waals surface area contributed by atoms with Gasteiger partial charge in [0.05, 0.1) is 0 Å². The van der Waals surface area contributed by atoms with Crippen LogP contribution in [-0.4, -0.2) is 33.7 Å². The van der Waals surface area contributed by atoms with Crippen molar-refractivity contribution >= 4 is 35.3 Å². The Morgan fingerprint density at radius 1 is 1.29 bits per heavy atom. The molecule has 1 saturated heterocycles. The first-order valence-electron chi connectivity index (χ1n) is 4.01. The van der Waals surface area contributed by atoms with Crippen molar-refractivity contribution in [3.05, 3.63) is 0 Å². The third kappa shape index (κ3) is 1.79. The summed E-state index contributed by atoms with van der Waals surface area (Å²) in [6.45, 7) is 1.13. The third-order valence-corrected chi connectivity index (χ3v) is 2.18. The summed E-state index contributed by atoms with van der Waals surface area (Å²) in [5.41, 5.74) is 0. The maximum Gasteiger partial charge on any atom is 0.230 e. The van der Waals surface area contributed by atoms with Crippen LogP contribution in [0.2, 0.25) is 0 Å². The fraction of sp³-hybridized carbons (Fsp3) is 0.500. The van der Waals surface area contributed by atoms with E-state index in [4.69, 9.17) is 0 Å². The Morgan fingerprint density at radius 3 is 2.00 bits per heavy atom. The molecule has 0 aromatic rings. The molecule has 0 radical (unpaired) electrons. The monoisotopic (exact) mass is 214 g/mol. The minimum absolute atomic E-state index is 0.0469. The molecule has 76 valence electrons. The van der Waals surface area contributed by atoms with Crippen molar-refractivity contribution in [1.29, 1.82) is 0 Å². The normalized spacial score (nSPS) is 18.5. The molecule has 0 aromatic heterocycles. The highest BCUT2D eigenvalue weighted by Crippen LogP contribution is 2.16. The van der Waals surface area contributed by atoms with E-state index < -0.39 is 28.8 Å². The van der Waals surface area contributed by atoms with Gasteiger partial charge in [0.1, 0.15) is 6.04 Å². The van der Waals surface area contributed by atoms with Crippen LogP contribution in [-0.2, 0) is 31.8 Å². The minimum Gasteiger partial charge on any atom is -0.739 e. The molecule has 0 spiro atoms. The average Bonchev–Trinajstić information content (AvgIpc) is 2.34. The third-order valence-electron chi connectivity index (χ3n) is 1.96. The molecule has 1 rings (SSSR count). The van der Waals surface area contributed by atoms with E-state index in [1.165, 1.54) is 0 Å². The van der Waals surface area contributed by atoms with Crippen LogP contribution in [0.4, 0.5) is 0 Å². The summed E-state index contributed by atoms with van der Waals surface area (Å²) in [5, 5.41) is -0.888. The van der Waals surface area contributed by atoms with Gasteiger partial charge >= 0.3 is 0 Å². The van der Waals surface area contributed by atoms with Gasteiger partial charge in [0.25, 0.3) is 0 Å². The molecule has 1 unspecified atom stereocenters. The van der Waals surface area contributed by atoms with Crippen molar-refractivity contribution in [2.24, 2.45) is 0 Å². The fourth-order valence-electron chi connectivity index (χ4n) is 1.34. The lowest BCUT2D eigenvalue weighted by Gasteiger charge is -2.25. The summed E-state index contributed by atoms with van der Waals surface area (Å²) >= 11 is 4.31. The zero-order valence-electron chi connectivity index (χ0n) is 7.48. The second kappa shape index (κ2) is 3.83. The Bertz CT molecular complexity index is 295. The molecule has 0 bridgehead atoms. The zero-order chi connectivity index (χ0) is 10.9. The number of nitrogens with zero attached hydrogens (tertiary/aromatic N) is 1. The topological polar surface area (TPSA) is 71.5 Å². The van der Waals surface area contributed by atoms with E-state index in [-0.39, 0.29) is 12.8 Å². The van der Waals surface area contributed by atoms with Crippen LogP contribution in [0.3, 0.4) is 0 Å². The smallest absolute Gasteiger partial charge is 0.230 e. The molecular weight excluding hydrogens is 206 g/mol. The number of rotatable bonds is 3. The van der Waals surface area contributed by atoms with Crippen LogP contribution in [0.15, 0.2) is 0 Å². The second-order valence-electron chi connectivity index (χ2n) is 2.99. The highest BCUT2D eigenvalue weighted by atomic mass is 32.1. The van der Waals surface area contributed by atoms with Crippen LogP contribution >= 0.6 is 0 Å². The molecule has 2 amide bonds. The van der Waals surface area contributed by atoms with Crippen molar-refractivity contribution in [3.63, 3.8) is 0 Å². The molecule has 0 N–H and O–H groups in total. The van der Waals surface area contributed by atoms with Gasteiger partial charge in [-0.15, -0.1) is 0 Å². The molecule has 0 aromatic carbocycles. The first-order valence-corrected chi connectivity index (χ1v) is 4.42. The summed E-state index contributed by atoms with van der Waals surface area (Å²) in [6, 6.07) is -1.40. The van der Waals surface area contributed by atoms with E-state index in [2.05, 4.69) is 12.6 Å². The standard InChI is InChI=1S/C8H9NO4S/c1-4(10)7(8(13)14)9-5(11)2-3-6(9)12/h7H,2-3H2,1H3,(H,13,14)/p-1. The molecule has 1 aliphatic rings. The molecule has 0 aliphatic carbocycles. The van der Waals surface area contributed by atoms with Crippen LogP contribution in [0.1, 0.15) is 19.8 Å². The molecule has 1 aliphatic heterocycles. The average molecular weight is 214 g/mol. The lowest BCUT2D eigenvalue weighted by molar-refractivity contribution is -0.148. The number of hydrogen-bond donors (Lipinski definition) is 0. The summed E-state index contributed by atoms with van der Waals surface area (Å²) in [7, 11) is 0. The molecule has 1 heterocycles. The largest absolute Gasteiger partial charge is 0.739 e. The van der Waals surface area contributed by atoms with Gasteiger partial charge in [-0.2, -0.15) is 0 Å². The van der Waals surface area contributed by atoms with Crippen LogP contribution in [0.5, 0.6) is 0 Å². The van der Waals surface area contributed by atoms with Gasteiger partial charge in [-0.05, 0) is 6.92 Å². The zero-order valence-corrected chi connectivity index (χ0v) is 8.30. The van der Waals surface area contributed by atoms with Gasteiger partial charge in [-0.1, -0.05) is 0 Å². The molecular formula is C8H8NO4S-. The lowest BCUT2D eigenvalue weighted by Crippen LogP contribution is -2.48. The summed E-state index contributed by atoms with van der Waals surface area (Å²) < 4.78 is 0. The summed E-state index contributed by atoms with van der Waals surface area (Å²) in [6.07, 6.45) is 0.0937. The number of imide groups is 1. The number of carbonyl (C=O) groups excluding carboxylic acids is 4. The first kappa shape index (κ1) is 10.8. The molecule has 5 nitrogen and oxygen atoms in total. The Labute approximate surface area is 85.8 Å². The predicted molar refractivity (Wildman–Crippen MR) is 47.9 cm³/mol. The summed E-state index contributed by atoms with van der Waals surface area (Å²) in [5.74, 6) is -1.59. The fourth-order valence-corrected chi connectivity index (χ4v) is 1.61. The molecule has 1 fully saturated rings. The number of hydrogen-bond acceptors (Lipinski definition) is 5. The Morgan fingerprint density at radius 2 is 1.71 bits per heavy atom. The number of ketones is 1. The highest BCUT2D eigenvalue weighted by molar-refractivity contribution is 7.77. The SMILES string of the molecule is CC(=O)C(C(=O)[S-])N1C(=O)CCC1=O. The predicted octanol–water partition coefficient (Wildman–Crippen LogP) is -0.834. The first-order chi connectivity index (χ1) is 6.45. The molecule has 6 heteroatoms.